The number of nitrogens with zero attached hydrogens (tertiary/aromatic N) is 2. The molecule has 330 valence electrons. The van der Waals surface area contributed by atoms with Crippen molar-refractivity contribution in [3.63, 3.8) is 0 Å². The number of hydrogen-bond acceptors (Lipinski definition) is 3. The molecule has 0 bridgehead atoms. The van der Waals surface area contributed by atoms with Gasteiger partial charge < -0.3 is 9.80 Å². The molecule has 2 aliphatic heterocycles. The van der Waals surface area contributed by atoms with Gasteiger partial charge in [-0.2, -0.15) is 0 Å². The Morgan fingerprint density at radius 1 is 0.754 bits per heavy atom. The molecule has 0 saturated heterocycles. The van der Waals surface area contributed by atoms with Crippen molar-refractivity contribution in [2.24, 2.45) is 0 Å². The molecular weight excluding hydrogens is 804 g/mol. The monoisotopic (exact) mass is 871 g/mol. The highest BCUT2D eigenvalue weighted by Crippen LogP contribution is 2.54. The van der Waals surface area contributed by atoms with Gasteiger partial charge in [-0.25, -0.2) is 0 Å². The summed E-state index contributed by atoms with van der Waals surface area (Å²) in [4.78, 5) is 5.54. The van der Waals surface area contributed by atoms with E-state index in [0.717, 1.165) is 19.3 Å². The smallest absolute Gasteiger partial charge is 0.259 e. The summed E-state index contributed by atoms with van der Waals surface area (Å²) in [6, 6.07) is 37.3. The van der Waals surface area contributed by atoms with E-state index in [9.17, 15) is 0 Å². The van der Waals surface area contributed by atoms with E-state index in [1.807, 2.05) is 11.3 Å². The van der Waals surface area contributed by atoms with E-state index < -0.39 is 0 Å². The maximum Gasteiger partial charge on any atom is 0.259 e. The van der Waals surface area contributed by atoms with E-state index >= 15 is 0 Å². The number of thiophene rings is 1. The van der Waals surface area contributed by atoms with Gasteiger partial charge in [-0.1, -0.05) is 136 Å². The standard InChI is InChI=1S/C61H67BN2S/c1-36(2)39-19-23-45(24-20-39)63-53-29-38(5)30-54-56(53)62(58-57(63)47-33-44(59(6,7)8)22-26-55(47)65-58)50-34-48-49(61(11,12)28-27-60(48,9)10)35-52(50)64(54)51-25-21-41(37(3)4)32-46(51)43-18-17-40-15-13-14-16-42(40)31-43/h14,16-26,30-37,53H,13,15,27-29H2,1-12H3. The summed E-state index contributed by atoms with van der Waals surface area (Å²) in [5.74, 6) is 0.887. The fourth-order valence-corrected chi connectivity index (χ4v) is 13.4. The summed E-state index contributed by atoms with van der Waals surface area (Å²) in [5, 5.41) is 1.40. The van der Waals surface area contributed by atoms with Crippen LogP contribution in [0, 0.1) is 0 Å². The summed E-state index contributed by atoms with van der Waals surface area (Å²) in [6.45, 7) is 28.9. The number of hydrogen-bond donors (Lipinski definition) is 0. The van der Waals surface area contributed by atoms with E-state index in [1.165, 1.54) is 117 Å². The highest BCUT2D eigenvalue weighted by Gasteiger charge is 2.51. The molecule has 0 saturated carbocycles. The lowest BCUT2D eigenvalue weighted by Crippen LogP contribution is -2.60. The van der Waals surface area contributed by atoms with Crippen LogP contribution in [0.1, 0.15) is 160 Å². The summed E-state index contributed by atoms with van der Waals surface area (Å²) < 4.78 is 2.87. The normalized spacial score (nSPS) is 19.3. The van der Waals surface area contributed by atoms with Crippen LogP contribution in [0.5, 0.6) is 0 Å². The molecule has 6 aromatic rings. The van der Waals surface area contributed by atoms with Gasteiger partial charge in [0.2, 0.25) is 0 Å². The molecule has 0 N–H and O–H groups in total. The number of fused-ring (bicyclic) bond motifs is 8. The van der Waals surface area contributed by atoms with Crippen molar-refractivity contribution in [3.05, 3.63) is 159 Å². The zero-order chi connectivity index (χ0) is 45.5. The van der Waals surface area contributed by atoms with Crippen molar-refractivity contribution in [2.45, 2.75) is 149 Å². The zero-order valence-electron chi connectivity index (χ0n) is 41.0. The molecule has 1 aromatic heterocycles. The SMILES string of the molecule is CC1=CC2=C3B(c4cc5c(cc4N2c2ccc(C(C)C)cc2-c2ccc4c(c2)C=CCC4)C(C)(C)CCC5(C)C)c2sc4ccc(C(C)(C)C)cc4c2N(c2ccc(C(C)C)cc2)C3C1. The third-order valence-corrected chi connectivity index (χ3v) is 17.4. The van der Waals surface area contributed by atoms with Crippen molar-refractivity contribution in [1.82, 2.24) is 0 Å². The molecule has 5 aromatic carbocycles. The van der Waals surface area contributed by atoms with Crippen LogP contribution in [0.15, 0.2) is 120 Å². The number of aryl methyl sites for hydroxylation is 1. The second-order valence-electron chi connectivity index (χ2n) is 23.2. The van der Waals surface area contributed by atoms with Gasteiger partial charge in [0, 0.05) is 37.5 Å². The topological polar surface area (TPSA) is 6.48 Å². The van der Waals surface area contributed by atoms with Crippen LogP contribution >= 0.6 is 11.3 Å². The molecule has 1 atom stereocenters. The quantitative estimate of drug-likeness (QED) is 0.159. The second-order valence-corrected chi connectivity index (χ2v) is 24.3. The minimum absolute atomic E-state index is 0.0381. The Morgan fingerprint density at radius 3 is 2.17 bits per heavy atom. The molecule has 11 rings (SSSR count). The lowest BCUT2D eigenvalue weighted by molar-refractivity contribution is 0.332. The molecule has 65 heavy (non-hydrogen) atoms. The molecule has 3 heterocycles. The molecule has 0 amide bonds. The van der Waals surface area contributed by atoms with E-state index in [1.54, 1.807) is 5.47 Å². The zero-order valence-corrected chi connectivity index (χ0v) is 41.9. The van der Waals surface area contributed by atoms with Gasteiger partial charge in [-0.05, 0) is 177 Å². The molecule has 0 fully saturated rings. The van der Waals surface area contributed by atoms with E-state index in [0.29, 0.717) is 11.8 Å². The minimum atomic E-state index is 0.0381. The van der Waals surface area contributed by atoms with Crippen molar-refractivity contribution in [3.8, 4) is 11.1 Å². The average Bonchev–Trinajstić information content (AvgIpc) is 3.65. The molecular formula is C61H67BN2S. The van der Waals surface area contributed by atoms with Crippen LogP contribution < -0.4 is 20.0 Å². The highest BCUT2D eigenvalue weighted by atomic mass is 32.1. The van der Waals surface area contributed by atoms with Gasteiger partial charge in [-0.15, -0.1) is 11.3 Å². The molecule has 4 heteroatoms. The summed E-state index contributed by atoms with van der Waals surface area (Å²) in [7, 11) is 0. The second kappa shape index (κ2) is 15.0. The number of rotatable bonds is 5. The molecule has 0 spiro atoms. The first-order valence-electron chi connectivity index (χ1n) is 24.7. The maximum absolute atomic E-state index is 2.79. The van der Waals surface area contributed by atoms with Crippen molar-refractivity contribution >= 4 is 67.2 Å². The van der Waals surface area contributed by atoms with E-state index in [2.05, 4.69) is 202 Å². The average molecular weight is 871 g/mol. The Morgan fingerprint density at radius 2 is 1.46 bits per heavy atom. The fraction of sp³-hybridized carbons (Fsp3) is 0.377. The lowest BCUT2D eigenvalue weighted by Gasteiger charge is -2.51. The summed E-state index contributed by atoms with van der Waals surface area (Å²) in [6.07, 6.45) is 12.9. The number of benzene rings is 5. The molecule has 3 aliphatic carbocycles. The fourth-order valence-electron chi connectivity index (χ4n) is 12.0. The lowest BCUT2D eigenvalue weighted by atomic mass is 9.33. The van der Waals surface area contributed by atoms with Crippen LogP contribution in [0.25, 0.3) is 27.3 Å². The van der Waals surface area contributed by atoms with Crippen LogP contribution in [-0.4, -0.2) is 12.8 Å². The van der Waals surface area contributed by atoms with Gasteiger partial charge >= 0.3 is 0 Å². The van der Waals surface area contributed by atoms with E-state index in [4.69, 9.17) is 0 Å². The predicted molar refractivity (Wildman–Crippen MR) is 285 cm³/mol. The van der Waals surface area contributed by atoms with Crippen LogP contribution in [0.4, 0.5) is 22.7 Å². The maximum atomic E-state index is 2.79. The number of anilines is 4. The Labute approximate surface area is 394 Å². The first-order chi connectivity index (χ1) is 30.9. The van der Waals surface area contributed by atoms with Crippen LogP contribution in [0.2, 0.25) is 0 Å². The number of allylic oxidation sites excluding steroid dienone is 2. The molecule has 5 aliphatic rings. The highest BCUT2D eigenvalue weighted by molar-refractivity contribution is 7.32. The van der Waals surface area contributed by atoms with Gasteiger partial charge in [0.25, 0.3) is 6.71 Å². The predicted octanol–water partition coefficient (Wildman–Crippen LogP) is 15.8. The van der Waals surface area contributed by atoms with Gasteiger partial charge in [0.15, 0.2) is 0 Å². The van der Waals surface area contributed by atoms with E-state index in [-0.39, 0.29) is 29.0 Å². The molecule has 1 unspecified atom stereocenters. The third-order valence-electron chi connectivity index (χ3n) is 16.1. The van der Waals surface area contributed by atoms with Crippen LogP contribution in [-0.2, 0) is 22.7 Å². The van der Waals surface area contributed by atoms with Gasteiger partial charge in [-0.3, -0.25) is 0 Å². The van der Waals surface area contributed by atoms with Gasteiger partial charge in [0.05, 0.1) is 17.4 Å². The molecule has 2 nitrogen and oxygen atoms in total. The summed E-state index contributed by atoms with van der Waals surface area (Å²) in [5.41, 5.74) is 24.0. The Kier molecular flexibility index (Phi) is 9.81. The first kappa shape index (κ1) is 42.6. The van der Waals surface area contributed by atoms with Crippen molar-refractivity contribution in [1.29, 1.82) is 0 Å². The Hall–Kier alpha value is -5.06. The Bertz CT molecular complexity index is 3030. The summed E-state index contributed by atoms with van der Waals surface area (Å²) >= 11 is 2.05. The van der Waals surface area contributed by atoms with Crippen LogP contribution in [0.3, 0.4) is 0 Å². The first-order valence-corrected chi connectivity index (χ1v) is 25.5. The third kappa shape index (κ3) is 6.78. The molecule has 0 radical (unpaired) electrons. The largest absolute Gasteiger partial charge is 0.334 e. The van der Waals surface area contributed by atoms with Crippen molar-refractivity contribution in [2.75, 3.05) is 9.80 Å². The van der Waals surface area contributed by atoms with Crippen molar-refractivity contribution < 1.29 is 0 Å². The Balaban J connectivity index is 1.26. The van der Waals surface area contributed by atoms with Gasteiger partial charge in [0.1, 0.15) is 0 Å². The minimum Gasteiger partial charge on any atom is -0.334 e.